The summed E-state index contributed by atoms with van der Waals surface area (Å²) in [6.07, 6.45) is 1.52. The summed E-state index contributed by atoms with van der Waals surface area (Å²) in [7, 11) is 1.50. The molecule has 1 heterocycles. The number of aromatic nitrogens is 2. The van der Waals surface area contributed by atoms with Crippen molar-refractivity contribution < 1.29 is 9.47 Å². The molecule has 1 aromatic heterocycles. The van der Waals surface area contributed by atoms with Crippen LogP contribution in [0.2, 0.25) is 0 Å². The SMILES string of the molecule is COc1nc(Oc2c(N)cc(C#N)cc2I)ncc1Br. The summed E-state index contributed by atoms with van der Waals surface area (Å²) in [5.74, 6) is 0.770. The standard InChI is InChI=1S/C12H8BrIN4O2/c1-19-11-7(13)5-17-12(18-11)20-10-8(14)2-6(4-15)3-9(10)16/h2-3,5H,16H2,1H3. The topological polar surface area (TPSA) is 94.0 Å². The maximum Gasteiger partial charge on any atom is 0.325 e. The van der Waals surface area contributed by atoms with Crippen LogP contribution in [0.5, 0.6) is 17.6 Å². The zero-order valence-corrected chi connectivity index (χ0v) is 14.0. The highest BCUT2D eigenvalue weighted by atomic mass is 127. The third-order valence-electron chi connectivity index (χ3n) is 2.28. The summed E-state index contributed by atoms with van der Waals surface area (Å²) in [4.78, 5) is 8.11. The highest BCUT2D eigenvalue weighted by molar-refractivity contribution is 14.1. The lowest BCUT2D eigenvalue weighted by Gasteiger charge is -2.10. The van der Waals surface area contributed by atoms with E-state index in [1.54, 1.807) is 6.07 Å². The molecule has 0 unspecified atom stereocenters. The summed E-state index contributed by atoms with van der Waals surface area (Å²) in [6, 6.07) is 5.34. The van der Waals surface area contributed by atoms with Gasteiger partial charge in [0.05, 0.1) is 38.7 Å². The molecule has 0 atom stereocenters. The molecule has 8 heteroatoms. The van der Waals surface area contributed by atoms with Crippen LogP contribution in [0, 0.1) is 14.9 Å². The van der Waals surface area contributed by atoms with Gasteiger partial charge in [-0.15, -0.1) is 0 Å². The maximum absolute atomic E-state index is 8.87. The number of nitrogens with two attached hydrogens (primary N) is 1. The number of nitriles is 1. The summed E-state index contributed by atoms with van der Waals surface area (Å²) < 4.78 is 12.0. The van der Waals surface area contributed by atoms with Crippen molar-refractivity contribution in [2.75, 3.05) is 12.8 Å². The molecule has 0 saturated carbocycles. The molecule has 2 N–H and O–H groups in total. The summed E-state index contributed by atoms with van der Waals surface area (Å²) >= 11 is 5.29. The number of rotatable bonds is 3. The molecule has 1 aromatic carbocycles. The molecular weight excluding hydrogens is 439 g/mol. The Morgan fingerprint density at radius 1 is 1.45 bits per heavy atom. The number of nitrogens with zero attached hydrogens (tertiary/aromatic N) is 3. The van der Waals surface area contributed by atoms with Gasteiger partial charge < -0.3 is 15.2 Å². The monoisotopic (exact) mass is 446 g/mol. The van der Waals surface area contributed by atoms with E-state index in [0.717, 1.165) is 0 Å². The Hall–Kier alpha value is -1.60. The second-order valence-corrected chi connectivity index (χ2v) is 5.62. The van der Waals surface area contributed by atoms with Gasteiger partial charge in [0, 0.05) is 0 Å². The van der Waals surface area contributed by atoms with Gasteiger partial charge in [0.25, 0.3) is 0 Å². The minimum Gasteiger partial charge on any atom is -0.480 e. The van der Waals surface area contributed by atoms with Gasteiger partial charge in [0.2, 0.25) is 5.88 Å². The number of halogens is 2. The van der Waals surface area contributed by atoms with Gasteiger partial charge in [0.15, 0.2) is 5.75 Å². The molecule has 0 aliphatic heterocycles. The molecule has 0 spiro atoms. The van der Waals surface area contributed by atoms with Crippen LogP contribution in [-0.2, 0) is 0 Å². The molecular formula is C12H8BrIN4O2. The van der Waals surface area contributed by atoms with E-state index in [2.05, 4.69) is 25.9 Å². The summed E-state index contributed by atoms with van der Waals surface area (Å²) in [5.41, 5.74) is 6.68. The molecule has 0 aliphatic carbocycles. The second kappa shape index (κ2) is 6.23. The first kappa shape index (κ1) is 14.8. The van der Waals surface area contributed by atoms with Gasteiger partial charge in [-0.3, -0.25) is 0 Å². The van der Waals surface area contributed by atoms with Crippen LogP contribution in [0.4, 0.5) is 5.69 Å². The Kier molecular flexibility index (Phi) is 4.61. The molecule has 0 bridgehead atoms. The molecule has 0 amide bonds. The van der Waals surface area contributed by atoms with E-state index in [9.17, 15) is 0 Å². The van der Waals surface area contributed by atoms with Gasteiger partial charge in [-0.1, -0.05) is 0 Å². The number of ether oxygens (including phenoxy) is 2. The highest BCUT2D eigenvalue weighted by Gasteiger charge is 2.13. The fourth-order valence-corrected chi connectivity index (χ4v) is 2.52. The first-order chi connectivity index (χ1) is 9.55. The van der Waals surface area contributed by atoms with Gasteiger partial charge in [0.1, 0.15) is 0 Å². The fraction of sp³-hybridized carbons (Fsp3) is 0.0833. The number of hydrogen-bond donors (Lipinski definition) is 1. The molecule has 2 aromatic rings. The zero-order chi connectivity index (χ0) is 14.7. The Labute approximate surface area is 137 Å². The lowest BCUT2D eigenvalue weighted by molar-refractivity contribution is 0.373. The van der Waals surface area contributed by atoms with Crippen LogP contribution < -0.4 is 15.2 Å². The van der Waals surface area contributed by atoms with Crippen LogP contribution in [0.3, 0.4) is 0 Å². The van der Waals surface area contributed by atoms with E-state index in [4.69, 9.17) is 20.5 Å². The van der Waals surface area contributed by atoms with Crippen LogP contribution >= 0.6 is 38.5 Å². The smallest absolute Gasteiger partial charge is 0.325 e. The minimum atomic E-state index is 0.111. The quantitative estimate of drug-likeness (QED) is 0.575. The normalized spacial score (nSPS) is 9.90. The first-order valence-corrected chi connectivity index (χ1v) is 7.16. The van der Waals surface area contributed by atoms with Crippen LogP contribution in [0.15, 0.2) is 22.8 Å². The van der Waals surface area contributed by atoms with Crippen molar-refractivity contribution >= 4 is 44.2 Å². The Morgan fingerprint density at radius 2 is 2.20 bits per heavy atom. The predicted octanol–water partition coefficient (Wildman–Crippen LogP) is 3.10. The number of anilines is 1. The van der Waals surface area contributed by atoms with Crippen molar-refractivity contribution in [2.45, 2.75) is 0 Å². The van der Waals surface area contributed by atoms with Crippen LogP contribution in [0.1, 0.15) is 5.56 Å². The molecule has 2 rings (SSSR count). The van der Waals surface area contributed by atoms with Crippen molar-refractivity contribution in [3.63, 3.8) is 0 Å². The number of hydrogen-bond acceptors (Lipinski definition) is 6. The van der Waals surface area contributed by atoms with Crippen LogP contribution in [0.25, 0.3) is 0 Å². The van der Waals surface area contributed by atoms with E-state index in [0.29, 0.717) is 30.9 Å². The minimum absolute atomic E-state index is 0.111. The molecule has 20 heavy (non-hydrogen) atoms. The number of benzene rings is 1. The molecule has 6 nitrogen and oxygen atoms in total. The third kappa shape index (κ3) is 3.10. The second-order valence-electron chi connectivity index (χ2n) is 3.60. The first-order valence-electron chi connectivity index (χ1n) is 5.28. The lowest BCUT2D eigenvalue weighted by Crippen LogP contribution is -2.00. The molecule has 0 fully saturated rings. The van der Waals surface area contributed by atoms with E-state index in [1.165, 1.54) is 19.4 Å². The largest absolute Gasteiger partial charge is 0.480 e. The number of methoxy groups -OCH3 is 1. The van der Waals surface area contributed by atoms with Crippen molar-refractivity contribution in [3.05, 3.63) is 31.9 Å². The average Bonchev–Trinajstić information content (AvgIpc) is 2.44. The Balaban J connectivity index is 2.38. The molecule has 0 radical (unpaired) electrons. The van der Waals surface area contributed by atoms with E-state index >= 15 is 0 Å². The van der Waals surface area contributed by atoms with Gasteiger partial charge in [-0.25, -0.2) is 4.98 Å². The van der Waals surface area contributed by atoms with E-state index in [1.807, 2.05) is 28.7 Å². The number of nitrogen functional groups attached to an aromatic ring is 1. The molecule has 102 valence electrons. The van der Waals surface area contributed by atoms with Crippen molar-refractivity contribution in [3.8, 4) is 23.7 Å². The summed E-state index contributed by atoms with van der Waals surface area (Å²) in [5, 5.41) is 8.87. The lowest BCUT2D eigenvalue weighted by atomic mass is 10.2. The van der Waals surface area contributed by atoms with Crippen molar-refractivity contribution in [1.82, 2.24) is 9.97 Å². The van der Waals surface area contributed by atoms with Crippen LogP contribution in [-0.4, -0.2) is 17.1 Å². The predicted molar refractivity (Wildman–Crippen MR) is 84.6 cm³/mol. The molecule has 0 saturated heterocycles. The molecule has 0 aliphatic rings. The van der Waals surface area contributed by atoms with E-state index < -0.39 is 0 Å². The third-order valence-corrected chi connectivity index (χ3v) is 3.62. The van der Waals surface area contributed by atoms with Gasteiger partial charge >= 0.3 is 6.01 Å². The zero-order valence-electron chi connectivity index (χ0n) is 10.2. The van der Waals surface area contributed by atoms with Crippen molar-refractivity contribution in [2.24, 2.45) is 0 Å². The highest BCUT2D eigenvalue weighted by Crippen LogP contribution is 2.33. The summed E-state index contributed by atoms with van der Waals surface area (Å²) in [6.45, 7) is 0. The Morgan fingerprint density at radius 3 is 2.80 bits per heavy atom. The van der Waals surface area contributed by atoms with Gasteiger partial charge in [-0.2, -0.15) is 10.2 Å². The van der Waals surface area contributed by atoms with Crippen molar-refractivity contribution in [1.29, 1.82) is 5.26 Å². The fourth-order valence-electron chi connectivity index (χ4n) is 1.41. The van der Waals surface area contributed by atoms with E-state index in [-0.39, 0.29) is 6.01 Å². The average molecular weight is 447 g/mol. The van der Waals surface area contributed by atoms with Gasteiger partial charge in [-0.05, 0) is 50.7 Å². The Bertz CT molecular complexity index is 679. The maximum atomic E-state index is 8.87.